The molecule has 0 aromatic heterocycles. The van der Waals surface area contributed by atoms with E-state index in [0.29, 0.717) is 12.8 Å². The number of nitrogens with one attached hydrogen (secondary N) is 1. The van der Waals surface area contributed by atoms with Crippen molar-refractivity contribution >= 4 is 11.9 Å². The lowest BCUT2D eigenvalue weighted by Crippen LogP contribution is -2.51. The normalized spacial score (nSPS) is 11.2. The fourth-order valence-electron chi connectivity index (χ4n) is 1.25. The van der Waals surface area contributed by atoms with Crippen molar-refractivity contribution in [1.29, 1.82) is 0 Å². The molecule has 0 saturated carbocycles. The van der Waals surface area contributed by atoms with Gasteiger partial charge in [0.1, 0.15) is 13.2 Å². The topological polar surface area (TPSA) is 95.9 Å². The molecule has 0 atom stereocenters. The molecular formula is C10H19NO5. The molecule has 3 N–H and O–H groups in total. The van der Waals surface area contributed by atoms with Crippen molar-refractivity contribution in [2.24, 2.45) is 0 Å². The first-order valence-corrected chi connectivity index (χ1v) is 5.21. The molecule has 0 saturated heterocycles. The molecule has 0 bridgehead atoms. The van der Waals surface area contributed by atoms with Crippen LogP contribution >= 0.6 is 0 Å². The van der Waals surface area contributed by atoms with Crippen molar-refractivity contribution in [3.05, 3.63) is 0 Å². The molecule has 0 rings (SSSR count). The summed E-state index contributed by atoms with van der Waals surface area (Å²) in [5, 5.41) is 20.1. The molecule has 0 spiro atoms. The minimum atomic E-state index is -1.12. The maximum Gasteiger partial charge on any atom is 0.329 e. The maximum atomic E-state index is 11.4. The summed E-state index contributed by atoms with van der Waals surface area (Å²) in [7, 11) is 0. The molecule has 6 heteroatoms. The Morgan fingerprint density at radius 1 is 1.25 bits per heavy atom. The fraction of sp³-hybridized carbons (Fsp3) is 0.800. The molecule has 0 fully saturated rings. The second-order valence-electron chi connectivity index (χ2n) is 3.58. The van der Waals surface area contributed by atoms with Crippen LogP contribution in [0.5, 0.6) is 0 Å². The van der Waals surface area contributed by atoms with Gasteiger partial charge in [-0.05, 0) is 12.8 Å². The molecule has 0 aliphatic rings. The highest BCUT2D eigenvalue weighted by Crippen LogP contribution is 2.13. The molecule has 0 aliphatic carbocycles. The minimum Gasteiger partial charge on any atom is -0.480 e. The molecule has 0 aromatic carbocycles. The van der Waals surface area contributed by atoms with E-state index >= 15 is 0 Å². The van der Waals surface area contributed by atoms with Crippen LogP contribution in [0.2, 0.25) is 0 Å². The van der Waals surface area contributed by atoms with Crippen molar-refractivity contribution in [2.75, 3.05) is 19.8 Å². The van der Waals surface area contributed by atoms with Gasteiger partial charge >= 0.3 is 5.97 Å². The Morgan fingerprint density at radius 2 is 1.81 bits per heavy atom. The highest BCUT2D eigenvalue weighted by molar-refractivity contribution is 5.78. The standard InChI is InChI=1S/C10H19NO5/c1-3-10(4-2,7-12)11-8(13)5-16-6-9(14)15/h12H,3-7H2,1-2H3,(H,11,13)(H,14,15). The first-order chi connectivity index (χ1) is 7.49. The van der Waals surface area contributed by atoms with E-state index < -0.39 is 24.0 Å². The van der Waals surface area contributed by atoms with Gasteiger partial charge in [-0.15, -0.1) is 0 Å². The summed E-state index contributed by atoms with van der Waals surface area (Å²) in [6.07, 6.45) is 1.20. The predicted molar refractivity (Wildman–Crippen MR) is 57.0 cm³/mol. The molecular weight excluding hydrogens is 214 g/mol. The Balaban J connectivity index is 4.05. The minimum absolute atomic E-state index is 0.148. The summed E-state index contributed by atoms with van der Waals surface area (Å²) < 4.78 is 4.64. The van der Waals surface area contributed by atoms with Crippen molar-refractivity contribution < 1.29 is 24.5 Å². The van der Waals surface area contributed by atoms with Gasteiger partial charge in [-0.2, -0.15) is 0 Å². The van der Waals surface area contributed by atoms with E-state index in [0.717, 1.165) is 0 Å². The van der Waals surface area contributed by atoms with Gasteiger partial charge in [0.2, 0.25) is 5.91 Å². The summed E-state index contributed by atoms with van der Waals surface area (Å²) in [5.74, 6) is -1.54. The third kappa shape index (κ3) is 5.09. The van der Waals surface area contributed by atoms with Gasteiger partial charge in [0.25, 0.3) is 0 Å². The Bertz CT molecular complexity index is 229. The molecule has 16 heavy (non-hydrogen) atoms. The second-order valence-corrected chi connectivity index (χ2v) is 3.58. The Hall–Kier alpha value is -1.14. The molecule has 0 heterocycles. The highest BCUT2D eigenvalue weighted by atomic mass is 16.5. The zero-order chi connectivity index (χ0) is 12.6. The zero-order valence-electron chi connectivity index (χ0n) is 9.65. The number of aliphatic hydroxyl groups is 1. The summed E-state index contributed by atoms with van der Waals surface area (Å²) in [4.78, 5) is 21.5. The van der Waals surface area contributed by atoms with Crippen molar-refractivity contribution in [1.82, 2.24) is 5.32 Å². The monoisotopic (exact) mass is 233 g/mol. The molecule has 0 radical (unpaired) electrons. The van der Waals surface area contributed by atoms with Crippen LogP contribution in [0.4, 0.5) is 0 Å². The molecule has 0 unspecified atom stereocenters. The van der Waals surface area contributed by atoms with Gasteiger partial charge in [0.15, 0.2) is 0 Å². The van der Waals surface area contributed by atoms with Crippen LogP contribution in [-0.2, 0) is 14.3 Å². The van der Waals surface area contributed by atoms with Crippen LogP contribution < -0.4 is 5.32 Å². The average Bonchev–Trinajstić information content (AvgIpc) is 2.25. The first kappa shape index (κ1) is 14.9. The van der Waals surface area contributed by atoms with Gasteiger partial charge in [0.05, 0.1) is 12.1 Å². The number of aliphatic carboxylic acids is 1. The summed E-state index contributed by atoms with van der Waals surface area (Å²) in [6, 6.07) is 0. The zero-order valence-corrected chi connectivity index (χ0v) is 9.65. The Morgan fingerprint density at radius 3 is 2.19 bits per heavy atom. The predicted octanol–water partition coefficient (Wildman–Crippen LogP) is -0.245. The molecule has 1 amide bonds. The summed E-state index contributed by atoms with van der Waals surface area (Å²) in [5.41, 5.74) is -0.635. The van der Waals surface area contributed by atoms with Gasteiger partial charge in [-0.1, -0.05) is 13.8 Å². The summed E-state index contributed by atoms with van der Waals surface area (Å²) in [6.45, 7) is 2.76. The quantitative estimate of drug-likeness (QED) is 0.537. The van der Waals surface area contributed by atoms with Crippen molar-refractivity contribution in [3.63, 3.8) is 0 Å². The number of rotatable bonds is 8. The van der Waals surface area contributed by atoms with Crippen LogP contribution in [0.15, 0.2) is 0 Å². The van der Waals surface area contributed by atoms with Crippen LogP contribution in [0, 0.1) is 0 Å². The molecule has 0 aromatic rings. The average molecular weight is 233 g/mol. The first-order valence-electron chi connectivity index (χ1n) is 5.21. The van der Waals surface area contributed by atoms with E-state index in [4.69, 9.17) is 5.11 Å². The number of carboxylic acids is 1. The van der Waals surface area contributed by atoms with Crippen LogP contribution in [0.1, 0.15) is 26.7 Å². The number of hydrogen-bond acceptors (Lipinski definition) is 4. The second kappa shape index (κ2) is 7.19. The number of carbonyl (C=O) groups is 2. The SMILES string of the molecule is CCC(CC)(CO)NC(=O)COCC(=O)O. The summed E-state index contributed by atoms with van der Waals surface area (Å²) >= 11 is 0. The van der Waals surface area contributed by atoms with Gasteiger partial charge in [0, 0.05) is 0 Å². The largest absolute Gasteiger partial charge is 0.480 e. The molecule has 0 aliphatic heterocycles. The van der Waals surface area contributed by atoms with E-state index in [-0.39, 0.29) is 13.2 Å². The van der Waals surface area contributed by atoms with E-state index in [9.17, 15) is 14.7 Å². The maximum absolute atomic E-state index is 11.4. The third-order valence-corrected chi connectivity index (χ3v) is 2.52. The van der Waals surface area contributed by atoms with Gasteiger partial charge in [-0.25, -0.2) is 4.79 Å². The van der Waals surface area contributed by atoms with Crippen LogP contribution in [-0.4, -0.2) is 47.4 Å². The van der Waals surface area contributed by atoms with Crippen molar-refractivity contribution in [3.8, 4) is 0 Å². The lowest BCUT2D eigenvalue weighted by Gasteiger charge is -2.30. The van der Waals surface area contributed by atoms with E-state index in [2.05, 4.69) is 10.1 Å². The Labute approximate surface area is 94.6 Å². The van der Waals surface area contributed by atoms with Crippen LogP contribution in [0.3, 0.4) is 0 Å². The molecule has 6 nitrogen and oxygen atoms in total. The van der Waals surface area contributed by atoms with Crippen LogP contribution in [0.25, 0.3) is 0 Å². The van der Waals surface area contributed by atoms with Gasteiger partial charge < -0.3 is 20.3 Å². The molecule has 94 valence electrons. The number of hydrogen-bond donors (Lipinski definition) is 3. The van der Waals surface area contributed by atoms with Gasteiger partial charge in [-0.3, -0.25) is 4.79 Å². The van der Waals surface area contributed by atoms with E-state index in [1.807, 2.05) is 13.8 Å². The third-order valence-electron chi connectivity index (χ3n) is 2.52. The van der Waals surface area contributed by atoms with Crippen molar-refractivity contribution in [2.45, 2.75) is 32.2 Å². The number of amides is 1. The van der Waals surface area contributed by atoms with E-state index in [1.165, 1.54) is 0 Å². The van der Waals surface area contributed by atoms with E-state index in [1.54, 1.807) is 0 Å². The lowest BCUT2D eigenvalue weighted by molar-refractivity contribution is -0.144. The number of carboxylic acid groups (broad SMARTS) is 1. The Kier molecular flexibility index (Phi) is 6.67. The number of carbonyl (C=O) groups excluding carboxylic acids is 1. The lowest BCUT2D eigenvalue weighted by atomic mass is 9.94. The fourth-order valence-corrected chi connectivity index (χ4v) is 1.25. The number of ether oxygens (including phenoxy) is 1. The number of aliphatic hydroxyl groups excluding tert-OH is 1. The highest BCUT2D eigenvalue weighted by Gasteiger charge is 2.26. The smallest absolute Gasteiger partial charge is 0.329 e.